The molecule has 0 aliphatic carbocycles. The molecule has 2 fully saturated rings. The Hall–Kier alpha value is -2.06. The zero-order valence-electron chi connectivity index (χ0n) is 14.1. The molecule has 1 spiro atoms. The third kappa shape index (κ3) is 2.47. The average molecular weight is 312 g/mol. The van der Waals surface area contributed by atoms with Crippen molar-refractivity contribution < 1.29 is 4.79 Å². The summed E-state index contributed by atoms with van der Waals surface area (Å²) in [6.45, 7) is 6.20. The van der Waals surface area contributed by atoms with Gasteiger partial charge in [-0.25, -0.2) is 0 Å². The Morgan fingerprint density at radius 3 is 2.43 bits per heavy atom. The second-order valence-electron chi connectivity index (χ2n) is 6.72. The molecule has 23 heavy (non-hydrogen) atoms. The molecule has 3 rings (SSSR count). The number of benzene rings is 1. The summed E-state index contributed by atoms with van der Waals surface area (Å²) in [6, 6.07) is 10.6. The molecule has 5 heteroatoms. The Morgan fingerprint density at radius 2 is 1.87 bits per heavy atom. The first-order valence-electron chi connectivity index (χ1n) is 8.22. The molecule has 1 aromatic carbocycles. The third-order valence-electron chi connectivity index (χ3n) is 5.40. The van der Waals surface area contributed by atoms with Crippen LogP contribution < -0.4 is 4.90 Å². The van der Waals surface area contributed by atoms with E-state index in [1.54, 1.807) is 0 Å². The lowest BCUT2D eigenvalue weighted by molar-refractivity contribution is -0.133. The van der Waals surface area contributed by atoms with E-state index in [-0.39, 0.29) is 12.1 Å². The van der Waals surface area contributed by atoms with Crippen molar-refractivity contribution in [3.8, 4) is 6.07 Å². The van der Waals surface area contributed by atoms with Crippen molar-refractivity contribution in [2.75, 3.05) is 31.6 Å². The number of nitriles is 1. The number of likely N-dealkylation sites (N-methyl/N-ethyl adjacent to an activating group) is 1. The fourth-order valence-corrected chi connectivity index (χ4v) is 3.94. The number of likely N-dealkylation sites (tertiary alicyclic amines) is 1. The number of carbonyl (C=O) groups is 1. The van der Waals surface area contributed by atoms with Crippen LogP contribution >= 0.6 is 0 Å². The topological polar surface area (TPSA) is 50.6 Å². The van der Waals surface area contributed by atoms with E-state index in [9.17, 15) is 4.79 Å². The maximum Gasteiger partial charge on any atom is 0.249 e. The van der Waals surface area contributed by atoms with E-state index in [2.05, 4.69) is 54.0 Å². The van der Waals surface area contributed by atoms with E-state index >= 15 is 0 Å². The van der Waals surface area contributed by atoms with Crippen molar-refractivity contribution in [1.29, 1.82) is 5.26 Å². The Kier molecular flexibility index (Phi) is 4.03. The summed E-state index contributed by atoms with van der Waals surface area (Å²) in [4.78, 5) is 19.3. The van der Waals surface area contributed by atoms with Crippen molar-refractivity contribution in [3.63, 3.8) is 0 Å². The molecule has 2 heterocycles. The van der Waals surface area contributed by atoms with Gasteiger partial charge < -0.3 is 9.80 Å². The van der Waals surface area contributed by atoms with Gasteiger partial charge in [-0.2, -0.15) is 5.26 Å². The lowest BCUT2D eigenvalue weighted by atomic mass is 9.85. The maximum absolute atomic E-state index is 13.0. The number of carbonyl (C=O) groups excluding carboxylic acids is 1. The van der Waals surface area contributed by atoms with Crippen molar-refractivity contribution in [2.45, 2.75) is 38.4 Å². The molecule has 0 radical (unpaired) electrons. The normalized spacial score (nSPS) is 24.3. The summed E-state index contributed by atoms with van der Waals surface area (Å²) in [6.07, 6.45) is 1.60. The number of nitrogens with zero attached hydrogens (tertiary/aromatic N) is 4. The first kappa shape index (κ1) is 15.8. The molecule has 1 amide bonds. The second kappa shape index (κ2) is 5.86. The first-order valence-corrected chi connectivity index (χ1v) is 8.22. The summed E-state index contributed by atoms with van der Waals surface area (Å²) in [5.41, 5.74) is 1.86. The Morgan fingerprint density at radius 1 is 1.26 bits per heavy atom. The highest BCUT2D eigenvalue weighted by Gasteiger charge is 2.55. The highest BCUT2D eigenvalue weighted by Crippen LogP contribution is 2.41. The first-order chi connectivity index (χ1) is 11.0. The van der Waals surface area contributed by atoms with E-state index in [0.29, 0.717) is 6.54 Å². The molecule has 2 saturated heterocycles. The number of amides is 1. The molecule has 1 unspecified atom stereocenters. The Bertz CT molecular complexity index is 625. The van der Waals surface area contributed by atoms with E-state index in [1.165, 1.54) is 5.56 Å². The minimum Gasteiger partial charge on any atom is -0.336 e. The molecule has 1 aromatic rings. The lowest BCUT2D eigenvalue weighted by Crippen LogP contribution is -2.57. The van der Waals surface area contributed by atoms with Crippen LogP contribution in [0.15, 0.2) is 24.3 Å². The van der Waals surface area contributed by atoms with Gasteiger partial charge in [-0.15, -0.1) is 0 Å². The Labute approximate surface area is 138 Å². The smallest absolute Gasteiger partial charge is 0.249 e. The number of piperidine rings is 1. The maximum atomic E-state index is 13.0. The summed E-state index contributed by atoms with van der Waals surface area (Å²) in [5.74, 6) is 0.210. The van der Waals surface area contributed by atoms with E-state index < -0.39 is 5.54 Å². The summed E-state index contributed by atoms with van der Waals surface area (Å²) < 4.78 is 0. The molecule has 5 nitrogen and oxygen atoms in total. The van der Waals surface area contributed by atoms with Crippen molar-refractivity contribution in [2.24, 2.45) is 0 Å². The fraction of sp³-hybridized carbons (Fsp3) is 0.556. The van der Waals surface area contributed by atoms with Gasteiger partial charge in [0.1, 0.15) is 11.7 Å². The van der Waals surface area contributed by atoms with E-state index in [0.717, 1.165) is 31.6 Å². The van der Waals surface area contributed by atoms with Crippen LogP contribution in [0, 0.1) is 18.3 Å². The predicted octanol–water partition coefficient (Wildman–Crippen LogP) is 1.98. The lowest BCUT2D eigenvalue weighted by Gasteiger charge is -2.44. The molecule has 122 valence electrons. The summed E-state index contributed by atoms with van der Waals surface area (Å²) in [7, 11) is 1.89. The average Bonchev–Trinajstić information content (AvgIpc) is 2.73. The molecule has 2 aliphatic heterocycles. The summed E-state index contributed by atoms with van der Waals surface area (Å²) >= 11 is 0. The van der Waals surface area contributed by atoms with Crippen LogP contribution in [0.5, 0.6) is 0 Å². The monoisotopic (exact) mass is 312 g/mol. The molecule has 0 N–H and O–H groups in total. The predicted molar refractivity (Wildman–Crippen MR) is 89.9 cm³/mol. The van der Waals surface area contributed by atoms with Gasteiger partial charge in [0, 0.05) is 25.8 Å². The number of hydrogen-bond acceptors (Lipinski definition) is 4. The standard InChI is InChI=1S/C18H24N4O/c1-14-4-6-16(7-5-14)22-15(2)20(3)17(23)18(22)8-11-21(12-9-18)13-10-19/h4-7,15H,8-9,11-13H2,1-3H3. The second-order valence-corrected chi connectivity index (χ2v) is 6.72. The zero-order valence-corrected chi connectivity index (χ0v) is 14.1. The van der Waals surface area contributed by atoms with Crippen LogP contribution in [0.1, 0.15) is 25.3 Å². The molecule has 1 atom stereocenters. The molecular weight excluding hydrogens is 288 g/mol. The SMILES string of the molecule is Cc1ccc(N2C(C)N(C)C(=O)C23CCN(CC#N)CC3)cc1. The molecular formula is C18H24N4O. The quantitative estimate of drug-likeness (QED) is 0.784. The van der Waals surface area contributed by atoms with Crippen LogP contribution in [0.4, 0.5) is 5.69 Å². The van der Waals surface area contributed by atoms with Gasteiger partial charge in [0.15, 0.2) is 0 Å². The zero-order chi connectivity index (χ0) is 16.6. The fourth-order valence-electron chi connectivity index (χ4n) is 3.94. The molecule has 0 saturated carbocycles. The van der Waals surface area contributed by atoms with Crippen LogP contribution in [0.2, 0.25) is 0 Å². The number of rotatable bonds is 2. The van der Waals surface area contributed by atoms with Gasteiger partial charge in [-0.3, -0.25) is 9.69 Å². The Balaban J connectivity index is 1.94. The van der Waals surface area contributed by atoms with E-state index in [1.807, 2.05) is 11.9 Å². The largest absolute Gasteiger partial charge is 0.336 e. The van der Waals surface area contributed by atoms with E-state index in [4.69, 9.17) is 5.26 Å². The number of anilines is 1. The van der Waals surface area contributed by atoms with Crippen LogP contribution in [-0.2, 0) is 4.79 Å². The molecule has 0 aromatic heterocycles. The number of aryl methyl sites for hydroxylation is 1. The van der Waals surface area contributed by atoms with Gasteiger partial charge in [-0.1, -0.05) is 17.7 Å². The number of hydrogen-bond donors (Lipinski definition) is 0. The minimum absolute atomic E-state index is 0.0488. The summed E-state index contributed by atoms with van der Waals surface area (Å²) in [5, 5.41) is 8.89. The van der Waals surface area contributed by atoms with Crippen LogP contribution in [-0.4, -0.2) is 54.1 Å². The molecule has 2 aliphatic rings. The van der Waals surface area contributed by atoms with Crippen molar-refractivity contribution >= 4 is 11.6 Å². The highest BCUT2D eigenvalue weighted by atomic mass is 16.2. The van der Waals surface area contributed by atoms with Crippen LogP contribution in [0.25, 0.3) is 0 Å². The van der Waals surface area contributed by atoms with Gasteiger partial charge >= 0.3 is 0 Å². The van der Waals surface area contributed by atoms with Gasteiger partial charge in [0.25, 0.3) is 0 Å². The van der Waals surface area contributed by atoms with Crippen molar-refractivity contribution in [1.82, 2.24) is 9.80 Å². The van der Waals surface area contributed by atoms with Crippen LogP contribution in [0.3, 0.4) is 0 Å². The highest BCUT2D eigenvalue weighted by molar-refractivity contribution is 5.94. The van der Waals surface area contributed by atoms with Crippen molar-refractivity contribution in [3.05, 3.63) is 29.8 Å². The van der Waals surface area contributed by atoms with Gasteiger partial charge in [0.05, 0.1) is 12.6 Å². The van der Waals surface area contributed by atoms with Gasteiger partial charge in [-0.05, 0) is 38.8 Å². The molecule has 0 bridgehead atoms. The third-order valence-corrected chi connectivity index (χ3v) is 5.40. The van der Waals surface area contributed by atoms with Gasteiger partial charge in [0.2, 0.25) is 5.91 Å². The minimum atomic E-state index is -0.463.